The molecule has 1 saturated carbocycles. The number of pyridine rings is 1. The first-order chi connectivity index (χ1) is 13.1. The van der Waals surface area contributed by atoms with Crippen LogP contribution in [-0.4, -0.2) is 30.0 Å². The molecule has 5 nitrogen and oxygen atoms in total. The van der Waals surface area contributed by atoms with Gasteiger partial charge in [0.05, 0.1) is 11.9 Å². The third-order valence-electron chi connectivity index (χ3n) is 5.30. The SMILES string of the molecule is CCN(CC)c1ccc(Nc2ccc(C(=O)NC3CCCC3)nc2)c(C)c1. The lowest BCUT2D eigenvalue weighted by Gasteiger charge is -2.22. The van der Waals surface area contributed by atoms with Crippen molar-refractivity contribution in [1.29, 1.82) is 0 Å². The molecular formula is C22H30N4O. The van der Waals surface area contributed by atoms with Crippen LogP contribution in [0.4, 0.5) is 17.1 Å². The normalized spacial score (nSPS) is 14.2. The van der Waals surface area contributed by atoms with E-state index in [0.717, 1.165) is 37.3 Å². The molecule has 1 aromatic heterocycles. The summed E-state index contributed by atoms with van der Waals surface area (Å²) in [5.74, 6) is -0.0757. The van der Waals surface area contributed by atoms with Crippen molar-refractivity contribution in [2.24, 2.45) is 0 Å². The average Bonchev–Trinajstić information content (AvgIpc) is 3.18. The van der Waals surface area contributed by atoms with Crippen molar-refractivity contribution in [3.8, 4) is 0 Å². The van der Waals surface area contributed by atoms with Crippen molar-refractivity contribution in [2.45, 2.75) is 52.5 Å². The first-order valence-electron chi connectivity index (χ1n) is 10.00. The van der Waals surface area contributed by atoms with Crippen LogP contribution >= 0.6 is 0 Å². The van der Waals surface area contributed by atoms with E-state index in [1.807, 2.05) is 6.07 Å². The fourth-order valence-electron chi connectivity index (χ4n) is 3.66. The van der Waals surface area contributed by atoms with E-state index in [1.165, 1.54) is 24.1 Å². The summed E-state index contributed by atoms with van der Waals surface area (Å²) >= 11 is 0. The molecular weight excluding hydrogens is 336 g/mol. The largest absolute Gasteiger partial charge is 0.372 e. The summed E-state index contributed by atoms with van der Waals surface area (Å²) in [4.78, 5) is 18.9. The maximum absolute atomic E-state index is 12.3. The first-order valence-corrected chi connectivity index (χ1v) is 10.00. The Morgan fingerprint density at radius 2 is 1.89 bits per heavy atom. The van der Waals surface area contributed by atoms with Gasteiger partial charge in [-0.2, -0.15) is 0 Å². The number of anilines is 3. The van der Waals surface area contributed by atoms with Crippen LogP contribution in [0.1, 0.15) is 55.6 Å². The minimum absolute atomic E-state index is 0.0757. The predicted octanol–water partition coefficient (Wildman–Crippen LogP) is 4.65. The number of hydrogen-bond acceptors (Lipinski definition) is 4. The maximum Gasteiger partial charge on any atom is 0.270 e. The van der Waals surface area contributed by atoms with Gasteiger partial charge >= 0.3 is 0 Å². The summed E-state index contributed by atoms with van der Waals surface area (Å²) in [6, 6.07) is 10.4. The first kappa shape index (κ1) is 19.2. The van der Waals surface area contributed by atoms with E-state index < -0.39 is 0 Å². The molecule has 2 aromatic rings. The molecule has 27 heavy (non-hydrogen) atoms. The molecule has 1 amide bonds. The second kappa shape index (κ2) is 8.89. The van der Waals surface area contributed by atoms with Gasteiger partial charge in [-0.25, -0.2) is 4.98 Å². The molecule has 5 heteroatoms. The van der Waals surface area contributed by atoms with E-state index in [4.69, 9.17) is 0 Å². The minimum Gasteiger partial charge on any atom is -0.372 e. The van der Waals surface area contributed by atoms with Gasteiger partial charge in [-0.15, -0.1) is 0 Å². The minimum atomic E-state index is -0.0757. The number of amides is 1. The van der Waals surface area contributed by atoms with Crippen molar-refractivity contribution < 1.29 is 4.79 Å². The molecule has 1 aromatic carbocycles. The number of benzene rings is 1. The van der Waals surface area contributed by atoms with Crippen molar-refractivity contribution in [1.82, 2.24) is 10.3 Å². The molecule has 2 N–H and O–H groups in total. The van der Waals surface area contributed by atoms with Crippen LogP contribution in [0.5, 0.6) is 0 Å². The van der Waals surface area contributed by atoms with Gasteiger partial charge in [0, 0.05) is 30.5 Å². The summed E-state index contributed by atoms with van der Waals surface area (Å²) < 4.78 is 0. The Balaban J connectivity index is 1.64. The fourth-order valence-corrected chi connectivity index (χ4v) is 3.66. The summed E-state index contributed by atoms with van der Waals surface area (Å²) in [6.45, 7) is 8.43. The number of nitrogens with one attached hydrogen (secondary N) is 2. The van der Waals surface area contributed by atoms with E-state index in [-0.39, 0.29) is 5.91 Å². The Morgan fingerprint density at radius 1 is 1.15 bits per heavy atom. The molecule has 1 aliphatic carbocycles. The van der Waals surface area contributed by atoms with Crippen LogP contribution in [0.3, 0.4) is 0 Å². The van der Waals surface area contributed by atoms with Gasteiger partial charge in [-0.05, 0) is 69.5 Å². The number of aromatic nitrogens is 1. The lowest BCUT2D eigenvalue weighted by atomic mass is 10.1. The molecule has 1 aliphatic rings. The monoisotopic (exact) mass is 366 g/mol. The van der Waals surface area contributed by atoms with Gasteiger partial charge in [0.1, 0.15) is 5.69 Å². The lowest BCUT2D eigenvalue weighted by molar-refractivity contribution is 0.0933. The molecule has 3 rings (SSSR count). The van der Waals surface area contributed by atoms with Crippen LogP contribution in [-0.2, 0) is 0 Å². The van der Waals surface area contributed by atoms with E-state index in [2.05, 4.69) is 59.5 Å². The molecule has 0 unspecified atom stereocenters. The van der Waals surface area contributed by atoms with Crippen molar-refractivity contribution in [3.05, 3.63) is 47.8 Å². The molecule has 0 spiro atoms. The molecule has 1 heterocycles. The van der Waals surface area contributed by atoms with Crippen LogP contribution in [0.2, 0.25) is 0 Å². The number of nitrogens with zero attached hydrogens (tertiary/aromatic N) is 2. The third-order valence-corrected chi connectivity index (χ3v) is 5.30. The maximum atomic E-state index is 12.3. The summed E-state index contributed by atoms with van der Waals surface area (Å²) in [5, 5.41) is 6.48. The Labute approximate surface area is 162 Å². The van der Waals surface area contributed by atoms with Crippen molar-refractivity contribution >= 4 is 23.0 Å². The second-order valence-corrected chi connectivity index (χ2v) is 7.18. The molecule has 144 valence electrons. The predicted molar refractivity (Wildman–Crippen MR) is 112 cm³/mol. The highest BCUT2D eigenvalue weighted by Crippen LogP contribution is 2.25. The summed E-state index contributed by atoms with van der Waals surface area (Å²) in [5.41, 5.74) is 4.82. The summed E-state index contributed by atoms with van der Waals surface area (Å²) in [7, 11) is 0. The zero-order valence-electron chi connectivity index (χ0n) is 16.6. The Morgan fingerprint density at radius 3 is 2.48 bits per heavy atom. The van der Waals surface area contributed by atoms with E-state index in [0.29, 0.717) is 11.7 Å². The highest BCUT2D eigenvalue weighted by molar-refractivity contribution is 5.92. The second-order valence-electron chi connectivity index (χ2n) is 7.18. The highest BCUT2D eigenvalue weighted by Gasteiger charge is 2.18. The number of rotatable bonds is 7. The average molecular weight is 367 g/mol. The quantitative estimate of drug-likeness (QED) is 0.749. The van der Waals surface area contributed by atoms with E-state index in [1.54, 1.807) is 12.3 Å². The van der Waals surface area contributed by atoms with Crippen molar-refractivity contribution in [3.63, 3.8) is 0 Å². The zero-order valence-corrected chi connectivity index (χ0v) is 16.6. The van der Waals surface area contributed by atoms with Gasteiger partial charge in [0.15, 0.2) is 0 Å². The highest BCUT2D eigenvalue weighted by atomic mass is 16.1. The van der Waals surface area contributed by atoms with E-state index >= 15 is 0 Å². The van der Waals surface area contributed by atoms with Crippen LogP contribution in [0.25, 0.3) is 0 Å². The van der Waals surface area contributed by atoms with Crippen molar-refractivity contribution in [2.75, 3.05) is 23.3 Å². The lowest BCUT2D eigenvalue weighted by Crippen LogP contribution is -2.33. The van der Waals surface area contributed by atoms with E-state index in [9.17, 15) is 4.79 Å². The topological polar surface area (TPSA) is 57.3 Å². The molecule has 0 saturated heterocycles. The summed E-state index contributed by atoms with van der Waals surface area (Å²) in [6.07, 6.45) is 6.28. The number of carbonyl (C=O) groups is 1. The Hall–Kier alpha value is -2.56. The molecule has 0 bridgehead atoms. The molecule has 1 fully saturated rings. The van der Waals surface area contributed by atoms with Crippen LogP contribution in [0, 0.1) is 6.92 Å². The number of hydrogen-bond donors (Lipinski definition) is 2. The van der Waals surface area contributed by atoms with Crippen LogP contribution < -0.4 is 15.5 Å². The van der Waals surface area contributed by atoms with Gasteiger partial charge in [-0.3, -0.25) is 4.79 Å². The van der Waals surface area contributed by atoms with Gasteiger partial charge in [0.25, 0.3) is 5.91 Å². The molecule has 0 aliphatic heterocycles. The zero-order chi connectivity index (χ0) is 19.2. The fraction of sp³-hybridized carbons (Fsp3) is 0.455. The Kier molecular flexibility index (Phi) is 6.32. The number of aryl methyl sites for hydroxylation is 1. The van der Waals surface area contributed by atoms with Gasteiger partial charge in [0.2, 0.25) is 0 Å². The van der Waals surface area contributed by atoms with Crippen LogP contribution in [0.15, 0.2) is 36.5 Å². The standard InChI is InChI=1S/C22H30N4O/c1-4-26(5-2)19-11-13-20(16(3)14-19)24-18-10-12-21(23-15-18)22(27)25-17-8-6-7-9-17/h10-15,17,24H,4-9H2,1-3H3,(H,25,27). The van der Waals surface area contributed by atoms with Gasteiger partial charge < -0.3 is 15.5 Å². The third kappa shape index (κ3) is 4.79. The number of carbonyl (C=O) groups excluding carboxylic acids is 1. The van der Waals surface area contributed by atoms with Gasteiger partial charge in [-0.1, -0.05) is 12.8 Å². The smallest absolute Gasteiger partial charge is 0.270 e. The molecule has 0 atom stereocenters. The Bertz CT molecular complexity index is 762. The molecule has 0 radical (unpaired) electrons.